The average Bonchev–Trinajstić information content (AvgIpc) is 2.69. The van der Waals surface area contributed by atoms with E-state index in [4.69, 9.17) is 5.73 Å². The molecular weight excluding hydrogens is 216 g/mol. The van der Waals surface area contributed by atoms with E-state index < -0.39 is 11.6 Å². The fourth-order valence-electron chi connectivity index (χ4n) is 2.61. The topological polar surface area (TPSA) is 77.0 Å². The molecular formula is C12H22N4O. The molecule has 1 saturated carbocycles. The molecule has 1 aromatic heterocycles. The summed E-state index contributed by atoms with van der Waals surface area (Å²) in [5.41, 5.74) is 6.05. The van der Waals surface area contributed by atoms with Gasteiger partial charge in [-0.3, -0.25) is 0 Å². The Morgan fingerprint density at radius 3 is 2.41 bits per heavy atom. The quantitative estimate of drug-likeness (QED) is 0.814. The van der Waals surface area contributed by atoms with E-state index in [9.17, 15) is 5.11 Å². The van der Waals surface area contributed by atoms with Crippen molar-refractivity contribution in [3.05, 3.63) is 11.9 Å². The van der Waals surface area contributed by atoms with Gasteiger partial charge in [0.1, 0.15) is 5.69 Å². The Bertz CT molecular complexity index is 355. The van der Waals surface area contributed by atoms with E-state index in [-0.39, 0.29) is 0 Å². The second-order valence-corrected chi connectivity index (χ2v) is 5.11. The summed E-state index contributed by atoms with van der Waals surface area (Å²) in [5, 5.41) is 18.9. The van der Waals surface area contributed by atoms with Crippen LogP contribution in [-0.4, -0.2) is 25.7 Å². The number of nitrogens with zero attached hydrogens (tertiary/aromatic N) is 3. The maximum absolute atomic E-state index is 10.7. The maximum atomic E-state index is 10.7. The highest BCUT2D eigenvalue weighted by Gasteiger charge is 2.36. The van der Waals surface area contributed by atoms with Crippen LogP contribution >= 0.6 is 0 Å². The predicted molar refractivity (Wildman–Crippen MR) is 65.2 cm³/mol. The van der Waals surface area contributed by atoms with Crippen LogP contribution in [0.15, 0.2) is 6.20 Å². The van der Waals surface area contributed by atoms with Gasteiger partial charge in [0.15, 0.2) is 0 Å². The third-order valence-electron chi connectivity index (χ3n) is 3.73. The highest BCUT2D eigenvalue weighted by atomic mass is 16.3. The minimum absolute atomic E-state index is 0.422. The molecule has 1 fully saturated rings. The van der Waals surface area contributed by atoms with Gasteiger partial charge in [-0.05, 0) is 12.8 Å². The van der Waals surface area contributed by atoms with Crippen LogP contribution in [0.2, 0.25) is 0 Å². The van der Waals surface area contributed by atoms with Gasteiger partial charge in [-0.15, -0.1) is 0 Å². The lowest BCUT2D eigenvalue weighted by Crippen LogP contribution is -2.42. The predicted octanol–water partition coefficient (Wildman–Crippen LogP) is 1.29. The van der Waals surface area contributed by atoms with Crippen LogP contribution in [0.5, 0.6) is 0 Å². The van der Waals surface area contributed by atoms with E-state index in [0.29, 0.717) is 5.69 Å². The molecule has 0 radical (unpaired) electrons. The Morgan fingerprint density at radius 1 is 1.29 bits per heavy atom. The summed E-state index contributed by atoms with van der Waals surface area (Å²) in [5.74, 6) is 0. The normalized spacial score (nSPS) is 22.8. The summed E-state index contributed by atoms with van der Waals surface area (Å²) in [6, 6.07) is -0.422. The molecule has 3 N–H and O–H groups in total. The van der Waals surface area contributed by atoms with Gasteiger partial charge in [0.05, 0.1) is 17.8 Å². The third-order valence-corrected chi connectivity index (χ3v) is 3.73. The molecule has 0 aliphatic heterocycles. The molecule has 5 nitrogen and oxygen atoms in total. The first kappa shape index (κ1) is 12.5. The van der Waals surface area contributed by atoms with Gasteiger partial charge < -0.3 is 10.8 Å². The number of aliphatic hydroxyl groups is 1. The highest BCUT2D eigenvalue weighted by Crippen LogP contribution is 2.34. The van der Waals surface area contributed by atoms with Crippen molar-refractivity contribution in [1.29, 1.82) is 0 Å². The lowest BCUT2D eigenvalue weighted by atomic mass is 9.81. The van der Waals surface area contributed by atoms with Crippen molar-refractivity contribution in [2.45, 2.75) is 56.6 Å². The molecule has 0 aromatic carbocycles. The first-order chi connectivity index (χ1) is 8.12. The summed E-state index contributed by atoms with van der Waals surface area (Å²) in [7, 11) is 1.76. The van der Waals surface area contributed by atoms with Gasteiger partial charge in [0, 0.05) is 7.05 Å². The molecule has 1 unspecified atom stereocenters. The Labute approximate surface area is 102 Å². The Hall–Kier alpha value is -0.940. The van der Waals surface area contributed by atoms with Crippen molar-refractivity contribution < 1.29 is 5.11 Å². The number of aromatic nitrogens is 3. The molecule has 1 aromatic rings. The number of aryl methyl sites for hydroxylation is 1. The van der Waals surface area contributed by atoms with Crippen LogP contribution in [0.1, 0.15) is 56.7 Å². The first-order valence-electron chi connectivity index (χ1n) is 6.46. The zero-order valence-electron chi connectivity index (χ0n) is 10.5. The van der Waals surface area contributed by atoms with Crippen molar-refractivity contribution >= 4 is 0 Å². The summed E-state index contributed by atoms with van der Waals surface area (Å²) in [4.78, 5) is 1.49. The molecule has 1 aliphatic carbocycles. The fraction of sp³-hybridized carbons (Fsp3) is 0.833. The minimum atomic E-state index is -0.809. The van der Waals surface area contributed by atoms with Crippen LogP contribution in [0, 0.1) is 0 Å². The van der Waals surface area contributed by atoms with E-state index >= 15 is 0 Å². The summed E-state index contributed by atoms with van der Waals surface area (Å²) in [6.07, 6.45) is 8.94. The number of rotatable bonds is 2. The zero-order chi connectivity index (χ0) is 12.3. The second-order valence-electron chi connectivity index (χ2n) is 5.11. The summed E-state index contributed by atoms with van der Waals surface area (Å²) < 4.78 is 0. The summed E-state index contributed by atoms with van der Waals surface area (Å²) >= 11 is 0. The van der Waals surface area contributed by atoms with Crippen LogP contribution < -0.4 is 5.73 Å². The Kier molecular flexibility index (Phi) is 3.79. The van der Waals surface area contributed by atoms with Gasteiger partial charge >= 0.3 is 0 Å². The molecule has 1 atom stereocenters. The molecule has 0 bridgehead atoms. The molecule has 2 rings (SSSR count). The van der Waals surface area contributed by atoms with E-state index in [0.717, 1.165) is 25.7 Å². The lowest BCUT2D eigenvalue weighted by Gasteiger charge is -2.34. The molecule has 1 aliphatic rings. The van der Waals surface area contributed by atoms with Crippen LogP contribution in [0.25, 0.3) is 0 Å². The van der Waals surface area contributed by atoms with Gasteiger partial charge in [0.2, 0.25) is 0 Å². The second kappa shape index (κ2) is 5.14. The fourth-order valence-corrected chi connectivity index (χ4v) is 2.61. The molecule has 5 heteroatoms. The largest absolute Gasteiger partial charge is 0.388 e. The minimum Gasteiger partial charge on any atom is -0.388 e. The summed E-state index contributed by atoms with van der Waals surface area (Å²) in [6.45, 7) is 0. The van der Waals surface area contributed by atoms with E-state index in [1.54, 1.807) is 13.2 Å². The average molecular weight is 238 g/mol. The van der Waals surface area contributed by atoms with Crippen LogP contribution in [0.3, 0.4) is 0 Å². The number of hydrogen-bond donors (Lipinski definition) is 2. The van der Waals surface area contributed by atoms with Crippen molar-refractivity contribution in [2.75, 3.05) is 0 Å². The highest BCUT2D eigenvalue weighted by molar-refractivity contribution is 5.07. The maximum Gasteiger partial charge on any atom is 0.102 e. The van der Waals surface area contributed by atoms with Gasteiger partial charge in [-0.2, -0.15) is 15.0 Å². The smallest absolute Gasteiger partial charge is 0.102 e. The molecule has 17 heavy (non-hydrogen) atoms. The van der Waals surface area contributed by atoms with Crippen LogP contribution in [0.4, 0.5) is 0 Å². The van der Waals surface area contributed by atoms with Crippen molar-refractivity contribution in [2.24, 2.45) is 12.8 Å². The zero-order valence-corrected chi connectivity index (χ0v) is 10.5. The van der Waals surface area contributed by atoms with Gasteiger partial charge in [-0.25, -0.2) is 0 Å². The van der Waals surface area contributed by atoms with Crippen molar-refractivity contribution in [3.8, 4) is 0 Å². The van der Waals surface area contributed by atoms with Crippen molar-refractivity contribution in [1.82, 2.24) is 15.0 Å². The van der Waals surface area contributed by atoms with Crippen molar-refractivity contribution in [3.63, 3.8) is 0 Å². The van der Waals surface area contributed by atoms with Gasteiger partial charge in [0.25, 0.3) is 0 Å². The van der Waals surface area contributed by atoms with E-state index in [2.05, 4.69) is 10.2 Å². The molecule has 0 saturated heterocycles. The molecule has 0 amide bonds. The SMILES string of the molecule is Cn1ncc(C(N)C2(O)CCCCCCC2)n1. The van der Waals surface area contributed by atoms with Crippen LogP contribution in [-0.2, 0) is 7.05 Å². The first-order valence-corrected chi connectivity index (χ1v) is 6.46. The molecule has 1 heterocycles. The van der Waals surface area contributed by atoms with E-state index in [1.807, 2.05) is 0 Å². The number of hydrogen-bond acceptors (Lipinski definition) is 4. The molecule has 0 spiro atoms. The lowest BCUT2D eigenvalue weighted by molar-refractivity contribution is -0.0122. The Balaban J connectivity index is 2.11. The monoisotopic (exact) mass is 238 g/mol. The van der Waals surface area contributed by atoms with E-state index in [1.165, 1.54) is 24.1 Å². The number of nitrogens with two attached hydrogens (primary N) is 1. The molecule has 96 valence electrons. The van der Waals surface area contributed by atoms with Gasteiger partial charge in [-0.1, -0.05) is 32.1 Å². The third kappa shape index (κ3) is 2.84. The standard InChI is InChI=1S/C12H22N4O/c1-16-14-9-10(15-16)11(13)12(17)7-5-3-2-4-6-8-12/h9,11,17H,2-8,13H2,1H3. The Morgan fingerprint density at radius 2 is 1.88 bits per heavy atom.